The Balaban J connectivity index is 1.92. The monoisotopic (exact) mass is 267 g/mol. The molecule has 2 N–H and O–H groups in total. The number of aliphatic hydroxyl groups is 1. The van der Waals surface area contributed by atoms with Gasteiger partial charge < -0.3 is 10.4 Å². The number of thiophene rings is 1. The summed E-state index contributed by atoms with van der Waals surface area (Å²) in [6.45, 7) is 2.43. The molecule has 0 bridgehead atoms. The van der Waals surface area contributed by atoms with Gasteiger partial charge in [-0.05, 0) is 36.3 Å². The largest absolute Gasteiger partial charge is 0.388 e. The van der Waals surface area contributed by atoms with Gasteiger partial charge in [-0.1, -0.05) is 26.2 Å². The maximum atomic E-state index is 12.1. The van der Waals surface area contributed by atoms with Crippen molar-refractivity contribution in [1.82, 2.24) is 5.32 Å². The van der Waals surface area contributed by atoms with E-state index in [-0.39, 0.29) is 5.91 Å². The molecular formula is C14H21NO2S. The first-order valence-corrected chi connectivity index (χ1v) is 7.59. The quantitative estimate of drug-likeness (QED) is 0.881. The summed E-state index contributed by atoms with van der Waals surface area (Å²) in [6, 6.07) is 1.99. The Labute approximate surface area is 112 Å². The highest BCUT2D eigenvalue weighted by Crippen LogP contribution is 2.27. The average molecular weight is 267 g/mol. The van der Waals surface area contributed by atoms with Crippen molar-refractivity contribution in [3.8, 4) is 0 Å². The van der Waals surface area contributed by atoms with E-state index in [1.54, 1.807) is 0 Å². The van der Waals surface area contributed by atoms with Crippen LogP contribution in [0.2, 0.25) is 0 Å². The maximum Gasteiger partial charge on any atom is 0.261 e. The van der Waals surface area contributed by atoms with Crippen molar-refractivity contribution in [2.75, 3.05) is 6.54 Å². The predicted molar refractivity (Wildman–Crippen MR) is 74.1 cm³/mol. The molecule has 0 radical (unpaired) electrons. The molecule has 0 spiro atoms. The Kier molecular flexibility index (Phi) is 4.40. The zero-order valence-electron chi connectivity index (χ0n) is 10.9. The maximum absolute atomic E-state index is 12.1. The molecule has 0 unspecified atom stereocenters. The van der Waals surface area contributed by atoms with Crippen molar-refractivity contribution >= 4 is 17.2 Å². The summed E-state index contributed by atoms with van der Waals surface area (Å²) in [4.78, 5) is 12.8. The standard InChI is InChI=1S/C14H21NO2S/c1-2-11-6-9-18-12(11)13(16)15-10-14(17)7-4-3-5-8-14/h6,9,17H,2-5,7-8,10H2,1H3,(H,15,16). The number of carbonyl (C=O) groups is 1. The normalized spacial score (nSPS) is 18.6. The van der Waals surface area contributed by atoms with Crippen molar-refractivity contribution in [1.29, 1.82) is 0 Å². The lowest BCUT2D eigenvalue weighted by atomic mass is 9.85. The van der Waals surface area contributed by atoms with Crippen molar-refractivity contribution < 1.29 is 9.90 Å². The third-order valence-corrected chi connectivity index (χ3v) is 4.65. The Morgan fingerprint density at radius 2 is 2.17 bits per heavy atom. The lowest BCUT2D eigenvalue weighted by molar-refractivity contribution is 0.00528. The zero-order valence-corrected chi connectivity index (χ0v) is 11.7. The molecule has 1 amide bonds. The summed E-state index contributed by atoms with van der Waals surface area (Å²) < 4.78 is 0. The van der Waals surface area contributed by atoms with E-state index in [9.17, 15) is 9.90 Å². The van der Waals surface area contributed by atoms with E-state index in [0.717, 1.165) is 42.5 Å². The fourth-order valence-corrected chi connectivity index (χ4v) is 3.44. The molecular weight excluding hydrogens is 246 g/mol. The van der Waals surface area contributed by atoms with E-state index in [1.807, 2.05) is 18.4 Å². The summed E-state index contributed by atoms with van der Waals surface area (Å²) in [7, 11) is 0. The van der Waals surface area contributed by atoms with Crippen LogP contribution >= 0.6 is 11.3 Å². The molecule has 1 aromatic heterocycles. The SMILES string of the molecule is CCc1ccsc1C(=O)NCC1(O)CCCCC1. The van der Waals surface area contributed by atoms with E-state index in [0.29, 0.717) is 6.54 Å². The third kappa shape index (κ3) is 3.12. The highest BCUT2D eigenvalue weighted by Gasteiger charge is 2.29. The van der Waals surface area contributed by atoms with Gasteiger partial charge in [0.15, 0.2) is 0 Å². The van der Waals surface area contributed by atoms with Crippen LogP contribution in [0.5, 0.6) is 0 Å². The number of rotatable bonds is 4. The molecule has 0 saturated heterocycles. The number of nitrogens with one attached hydrogen (secondary N) is 1. The fourth-order valence-electron chi connectivity index (χ4n) is 2.53. The number of carbonyl (C=O) groups excluding carboxylic acids is 1. The Morgan fingerprint density at radius 3 is 2.83 bits per heavy atom. The molecule has 4 heteroatoms. The second-order valence-electron chi connectivity index (χ2n) is 5.10. The van der Waals surface area contributed by atoms with Gasteiger partial charge in [0, 0.05) is 6.54 Å². The van der Waals surface area contributed by atoms with Crippen LogP contribution in [0.25, 0.3) is 0 Å². The first-order chi connectivity index (χ1) is 8.64. The number of hydrogen-bond donors (Lipinski definition) is 2. The summed E-state index contributed by atoms with van der Waals surface area (Å²) in [5, 5.41) is 15.2. The minimum atomic E-state index is -0.683. The van der Waals surface area contributed by atoms with Crippen molar-refractivity contribution in [3.05, 3.63) is 21.9 Å². The highest BCUT2D eigenvalue weighted by atomic mass is 32.1. The molecule has 1 aliphatic carbocycles. The Morgan fingerprint density at radius 1 is 1.44 bits per heavy atom. The molecule has 3 nitrogen and oxygen atoms in total. The molecule has 1 fully saturated rings. The summed E-state index contributed by atoms with van der Waals surface area (Å²) in [5.41, 5.74) is 0.408. The minimum absolute atomic E-state index is 0.0409. The van der Waals surface area contributed by atoms with Gasteiger partial charge in [0.05, 0.1) is 10.5 Å². The Hall–Kier alpha value is -0.870. The van der Waals surface area contributed by atoms with Crippen molar-refractivity contribution in [3.63, 3.8) is 0 Å². The van der Waals surface area contributed by atoms with E-state index in [1.165, 1.54) is 17.8 Å². The molecule has 100 valence electrons. The van der Waals surface area contributed by atoms with Crippen molar-refractivity contribution in [2.24, 2.45) is 0 Å². The number of amides is 1. The lowest BCUT2D eigenvalue weighted by Gasteiger charge is -2.32. The van der Waals surface area contributed by atoms with Gasteiger partial charge in [-0.3, -0.25) is 4.79 Å². The van der Waals surface area contributed by atoms with Gasteiger partial charge >= 0.3 is 0 Å². The molecule has 1 aliphatic rings. The van der Waals surface area contributed by atoms with Gasteiger partial charge in [0.25, 0.3) is 5.91 Å². The first-order valence-electron chi connectivity index (χ1n) is 6.71. The number of hydrogen-bond acceptors (Lipinski definition) is 3. The molecule has 2 rings (SSSR count). The number of aryl methyl sites for hydroxylation is 1. The van der Waals surface area contributed by atoms with Crippen LogP contribution in [0.4, 0.5) is 0 Å². The molecule has 0 atom stereocenters. The fraction of sp³-hybridized carbons (Fsp3) is 0.643. The Bertz CT molecular complexity index is 408. The molecule has 1 heterocycles. The van der Waals surface area contributed by atoms with Crippen LogP contribution in [0.15, 0.2) is 11.4 Å². The van der Waals surface area contributed by atoms with Gasteiger partial charge in [-0.25, -0.2) is 0 Å². The molecule has 0 aliphatic heterocycles. The topological polar surface area (TPSA) is 49.3 Å². The molecule has 1 aromatic rings. The molecule has 0 aromatic carbocycles. The van der Waals surface area contributed by atoms with Gasteiger partial charge in [-0.15, -0.1) is 11.3 Å². The van der Waals surface area contributed by atoms with E-state index in [4.69, 9.17) is 0 Å². The second-order valence-corrected chi connectivity index (χ2v) is 6.01. The lowest BCUT2D eigenvalue weighted by Crippen LogP contribution is -2.44. The average Bonchev–Trinajstić information content (AvgIpc) is 2.85. The van der Waals surface area contributed by atoms with Crippen LogP contribution < -0.4 is 5.32 Å². The highest BCUT2D eigenvalue weighted by molar-refractivity contribution is 7.12. The first kappa shape index (κ1) is 13.6. The molecule has 18 heavy (non-hydrogen) atoms. The van der Waals surface area contributed by atoms with Crippen LogP contribution in [-0.2, 0) is 6.42 Å². The van der Waals surface area contributed by atoms with E-state index in [2.05, 4.69) is 5.32 Å². The van der Waals surface area contributed by atoms with Gasteiger partial charge in [-0.2, -0.15) is 0 Å². The van der Waals surface area contributed by atoms with Gasteiger partial charge in [0.2, 0.25) is 0 Å². The van der Waals surface area contributed by atoms with Gasteiger partial charge in [0.1, 0.15) is 0 Å². The second kappa shape index (κ2) is 5.85. The molecule has 1 saturated carbocycles. The minimum Gasteiger partial charge on any atom is -0.388 e. The zero-order chi connectivity index (χ0) is 13.0. The smallest absolute Gasteiger partial charge is 0.261 e. The van der Waals surface area contributed by atoms with Crippen LogP contribution in [0, 0.1) is 0 Å². The van der Waals surface area contributed by atoms with E-state index < -0.39 is 5.60 Å². The summed E-state index contributed by atoms with van der Waals surface area (Å²) in [5.74, 6) is -0.0409. The predicted octanol–water partition coefficient (Wildman–Crippen LogP) is 2.74. The van der Waals surface area contributed by atoms with E-state index >= 15 is 0 Å². The van der Waals surface area contributed by atoms with Crippen LogP contribution in [0.1, 0.15) is 54.3 Å². The third-order valence-electron chi connectivity index (χ3n) is 3.70. The summed E-state index contributed by atoms with van der Waals surface area (Å²) in [6.07, 6.45) is 5.80. The van der Waals surface area contributed by atoms with Crippen LogP contribution in [-0.4, -0.2) is 23.2 Å². The summed E-state index contributed by atoms with van der Waals surface area (Å²) >= 11 is 1.47. The van der Waals surface area contributed by atoms with Crippen LogP contribution in [0.3, 0.4) is 0 Å². The van der Waals surface area contributed by atoms with Crippen molar-refractivity contribution in [2.45, 2.75) is 51.0 Å².